The molecule has 0 aliphatic rings. The van der Waals surface area contributed by atoms with Crippen LogP contribution in [0.1, 0.15) is 11.3 Å². The Labute approximate surface area is 110 Å². The van der Waals surface area contributed by atoms with Crippen molar-refractivity contribution in [3.63, 3.8) is 0 Å². The smallest absolute Gasteiger partial charge is 0.224 e. The van der Waals surface area contributed by atoms with Gasteiger partial charge in [-0.05, 0) is 17.7 Å². The minimum absolute atomic E-state index is 0.0528. The number of amides is 1. The molecule has 0 saturated carbocycles. The maximum absolute atomic E-state index is 11.7. The number of aromatic nitrogens is 2. The second-order valence-corrected chi connectivity index (χ2v) is 4.21. The molecule has 0 unspecified atom stereocenters. The number of hydrogen-bond donors (Lipinski definition) is 1. The maximum atomic E-state index is 11.7. The molecule has 1 N–H and O–H groups in total. The SMILES string of the molecule is O=C(Cc1ccc(Cl)cc1)NCc1cnccn1. The summed E-state index contributed by atoms with van der Waals surface area (Å²) in [4.78, 5) is 19.7. The lowest BCUT2D eigenvalue weighted by molar-refractivity contribution is -0.120. The van der Waals surface area contributed by atoms with Gasteiger partial charge < -0.3 is 5.32 Å². The van der Waals surface area contributed by atoms with Gasteiger partial charge in [-0.15, -0.1) is 0 Å². The van der Waals surface area contributed by atoms with E-state index in [0.29, 0.717) is 18.0 Å². The van der Waals surface area contributed by atoms with Gasteiger partial charge in [-0.2, -0.15) is 0 Å². The lowest BCUT2D eigenvalue weighted by Gasteiger charge is -2.04. The van der Waals surface area contributed by atoms with Crippen molar-refractivity contribution in [3.8, 4) is 0 Å². The Balaban J connectivity index is 1.84. The lowest BCUT2D eigenvalue weighted by Crippen LogP contribution is -2.25. The van der Waals surface area contributed by atoms with E-state index in [1.807, 2.05) is 12.1 Å². The van der Waals surface area contributed by atoms with Crippen molar-refractivity contribution in [3.05, 3.63) is 59.1 Å². The number of halogens is 1. The van der Waals surface area contributed by atoms with Gasteiger partial charge in [0, 0.05) is 17.4 Å². The van der Waals surface area contributed by atoms with E-state index in [0.717, 1.165) is 11.3 Å². The van der Waals surface area contributed by atoms with Gasteiger partial charge in [0.15, 0.2) is 0 Å². The van der Waals surface area contributed by atoms with Crippen LogP contribution in [0.2, 0.25) is 5.02 Å². The van der Waals surface area contributed by atoms with Crippen LogP contribution in [0.3, 0.4) is 0 Å². The molecule has 18 heavy (non-hydrogen) atoms. The predicted octanol–water partition coefficient (Wildman–Crippen LogP) is 1.99. The lowest BCUT2D eigenvalue weighted by atomic mass is 10.1. The minimum atomic E-state index is -0.0528. The Bertz CT molecular complexity index is 514. The average Bonchev–Trinajstić information content (AvgIpc) is 2.40. The fraction of sp³-hybridized carbons (Fsp3) is 0.154. The summed E-state index contributed by atoms with van der Waals surface area (Å²) in [5.41, 5.74) is 1.66. The van der Waals surface area contributed by atoms with Gasteiger partial charge in [-0.25, -0.2) is 0 Å². The van der Waals surface area contributed by atoms with Crippen molar-refractivity contribution >= 4 is 17.5 Å². The summed E-state index contributed by atoms with van der Waals surface area (Å²) >= 11 is 5.77. The van der Waals surface area contributed by atoms with Gasteiger partial charge in [-0.3, -0.25) is 14.8 Å². The van der Waals surface area contributed by atoms with Crippen LogP contribution in [0.25, 0.3) is 0 Å². The molecular weight excluding hydrogens is 250 g/mol. The number of rotatable bonds is 4. The molecule has 1 amide bonds. The van der Waals surface area contributed by atoms with E-state index in [4.69, 9.17) is 11.6 Å². The van der Waals surface area contributed by atoms with Gasteiger partial charge in [-0.1, -0.05) is 23.7 Å². The van der Waals surface area contributed by atoms with Crippen LogP contribution in [-0.4, -0.2) is 15.9 Å². The first-order chi connectivity index (χ1) is 8.74. The topological polar surface area (TPSA) is 54.9 Å². The zero-order valence-corrected chi connectivity index (χ0v) is 10.4. The first-order valence-corrected chi connectivity index (χ1v) is 5.88. The fourth-order valence-electron chi connectivity index (χ4n) is 1.46. The summed E-state index contributed by atoms with van der Waals surface area (Å²) in [7, 11) is 0. The highest BCUT2D eigenvalue weighted by Crippen LogP contribution is 2.09. The van der Waals surface area contributed by atoms with Crippen LogP contribution >= 0.6 is 11.6 Å². The molecule has 1 aromatic carbocycles. The van der Waals surface area contributed by atoms with Crippen molar-refractivity contribution in [2.75, 3.05) is 0 Å². The third-order valence-corrected chi connectivity index (χ3v) is 2.61. The van der Waals surface area contributed by atoms with Crippen molar-refractivity contribution in [2.45, 2.75) is 13.0 Å². The van der Waals surface area contributed by atoms with E-state index >= 15 is 0 Å². The Kier molecular flexibility index (Phi) is 4.25. The summed E-state index contributed by atoms with van der Waals surface area (Å²) in [5.74, 6) is -0.0528. The highest BCUT2D eigenvalue weighted by molar-refractivity contribution is 6.30. The van der Waals surface area contributed by atoms with Crippen LogP contribution in [0, 0.1) is 0 Å². The van der Waals surface area contributed by atoms with Crippen molar-refractivity contribution in [1.29, 1.82) is 0 Å². The van der Waals surface area contributed by atoms with Crippen LogP contribution in [0.5, 0.6) is 0 Å². The molecule has 0 bridgehead atoms. The number of nitrogens with zero attached hydrogens (tertiary/aromatic N) is 2. The quantitative estimate of drug-likeness (QED) is 0.916. The zero-order valence-electron chi connectivity index (χ0n) is 9.64. The Hall–Kier alpha value is -1.94. The van der Waals surface area contributed by atoms with Gasteiger partial charge in [0.25, 0.3) is 0 Å². The normalized spacial score (nSPS) is 10.1. The first-order valence-electron chi connectivity index (χ1n) is 5.50. The summed E-state index contributed by atoms with van der Waals surface area (Å²) < 4.78 is 0. The van der Waals surface area contributed by atoms with Crippen LogP contribution < -0.4 is 5.32 Å². The summed E-state index contributed by atoms with van der Waals surface area (Å²) in [6.45, 7) is 0.389. The predicted molar refractivity (Wildman–Crippen MR) is 69.0 cm³/mol. The van der Waals surface area contributed by atoms with E-state index < -0.39 is 0 Å². The van der Waals surface area contributed by atoms with Crippen molar-refractivity contribution in [2.24, 2.45) is 0 Å². The first kappa shape index (κ1) is 12.5. The Morgan fingerprint density at radius 2 is 2.00 bits per heavy atom. The van der Waals surface area contributed by atoms with Crippen LogP contribution in [-0.2, 0) is 17.8 Å². The second-order valence-electron chi connectivity index (χ2n) is 3.78. The number of hydrogen-bond acceptors (Lipinski definition) is 3. The largest absolute Gasteiger partial charge is 0.350 e. The van der Waals surface area contributed by atoms with E-state index in [1.54, 1.807) is 30.7 Å². The summed E-state index contributed by atoms with van der Waals surface area (Å²) in [5, 5.41) is 3.45. The molecule has 92 valence electrons. The molecule has 1 aromatic heterocycles. The van der Waals surface area contributed by atoms with E-state index in [2.05, 4.69) is 15.3 Å². The fourth-order valence-corrected chi connectivity index (χ4v) is 1.59. The molecule has 4 nitrogen and oxygen atoms in total. The highest BCUT2D eigenvalue weighted by Gasteiger charge is 2.03. The minimum Gasteiger partial charge on any atom is -0.350 e. The van der Waals surface area contributed by atoms with Gasteiger partial charge in [0.2, 0.25) is 5.91 Å². The monoisotopic (exact) mass is 261 g/mol. The van der Waals surface area contributed by atoms with Crippen molar-refractivity contribution in [1.82, 2.24) is 15.3 Å². The molecule has 0 spiro atoms. The molecule has 0 atom stereocenters. The molecule has 5 heteroatoms. The molecule has 0 fully saturated rings. The molecule has 2 aromatic rings. The molecule has 2 rings (SSSR count). The molecular formula is C13H12ClN3O. The third kappa shape index (κ3) is 3.82. The summed E-state index contributed by atoms with van der Waals surface area (Å²) in [6.07, 6.45) is 5.15. The van der Waals surface area contributed by atoms with Gasteiger partial charge in [0.05, 0.1) is 24.9 Å². The Morgan fingerprint density at radius 3 is 2.67 bits per heavy atom. The number of benzene rings is 1. The molecule has 0 aliphatic carbocycles. The Morgan fingerprint density at radius 1 is 1.22 bits per heavy atom. The molecule has 0 aliphatic heterocycles. The van der Waals surface area contributed by atoms with E-state index in [9.17, 15) is 4.79 Å². The molecule has 0 saturated heterocycles. The van der Waals surface area contributed by atoms with Gasteiger partial charge in [0.1, 0.15) is 0 Å². The maximum Gasteiger partial charge on any atom is 0.224 e. The molecule has 1 heterocycles. The molecule has 0 radical (unpaired) electrons. The summed E-state index contributed by atoms with van der Waals surface area (Å²) in [6, 6.07) is 7.22. The average molecular weight is 262 g/mol. The van der Waals surface area contributed by atoms with Crippen molar-refractivity contribution < 1.29 is 4.79 Å². The van der Waals surface area contributed by atoms with E-state index in [1.165, 1.54) is 0 Å². The highest BCUT2D eigenvalue weighted by atomic mass is 35.5. The van der Waals surface area contributed by atoms with Crippen LogP contribution in [0.15, 0.2) is 42.9 Å². The number of carbonyl (C=O) groups excluding carboxylic acids is 1. The van der Waals surface area contributed by atoms with Gasteiger partial charge >= 0.3 is 0 Å². The van der Waals surface area contributed by atoms with E-state index in [-0.39, 0.29) is 5.91 Å². The second kappa shape index (κ2) is 6.12. The standard InChI is InChI=1S/C13H12ClN3O/c14-11-3-1-10(2-4-11)7-13(18)17-9-12-8-15-5-6-16-12/h1-6,8H,7,9H2,(H,17,18). The number of carbonyl (C=O) groups is 1. The van der Waals surface area contributed by atoms with Crippen LogP contribution in [0.4, 0.5) is 0 Å². The zero-order chi connectivity index (χ0) is 12.8. The number of nitrogens with one attached hydrogen (secondary N) is 1. The third-order valence-electron chi connectivity index (χ3n) is 2.36.